The summed E-state index contributed by atoms with van der Waals surface area (Å²) < 4.78 is 1.89. The molecule has 0 amide bonds. The van der Waals surface area contributed by atoms with E-state index < -0.39 is 0 Å². The van der Waals surface area contributed by atoms with Gasteiger partial charge in [0.1, 0.15) is 5.82 Å². The van der Waals surface area contributed by atoms with Gasteiger partial charge in [-0.05, 0) is 18.2 Å². The van der Waals surface area contributed by atoms with Crippen molar-refractivity contribution in [3.05, 3.63) is 70.9 Å². The second kappa shape index (κ2) is 4.71. The zero-order valence-electron chi connectivity index (χ0n) is 11.0. The Morgan fingerprint density at radius 1 is 1.14 bits per heavy atom. The van der Waals surface area contributed by atoms with Crippen molar-refractivity contribution in [3.63, 3.8) is 0 Å². The smallest absolute Gasteiger partial charge is 0.223 e. The molecule has 0 spiro atoms. The van der Waals surface area contributed by atoms with E-state index in [0.29, 0.717) is 10.6 Å². The number of aromatic amines is 1. The monoisotopic (exact) mass is 293 g/mol. The number of ketones is 1. The molecular formula is C16H11N3OS. The van der Waals surface area contributed by atoms with Crippen LogP contribution in [0.5, 0.6) is 0 Å². The minimum absolute atomic E-state index is 0.0455. The van der Waals surface area contributed by atoms with Crippen molar-refractivity contribution in [1.82, 2.24) is 14.5 Å². The van der Waals surface area contributed by atoms with Gasteiger partial charge in [-0.15, -0.1) is 11.3 Å². The van der Waals surface area contributed by atoms with E-state index in [1.54, 1.807) is 6.20 Å². The van der Waals surface area contributed by atoms with Gasteiger partial charge in [0, 0.05) is 34.9 Å². The lowest BCUT2D eigenvalue weighted by molar-refractivity contribution is 0.104. The maximum atomic E-state index is 12.6. The Morgan fingerprint density at radius 3 is 2.81 bits per heavy atom. The first kappa shape index (κ1) is 12.1. The minimum atomic E-state index is -0.0455. The number of nitrogens with one attached hydrogen (secondary N) is 1. The van der Waals surface area contributed by atoms with E-state index in [0.717, 1.165) is 16.7 Å². The molecule has 21 heavy (non-hydrogen) atoms. The number of carbonyl (C=O) groups excluding carboxylic acids is 1. The fraction of sp³-hybridized carbons (Fsp3) is 0. The molecule has 1 aromatic carbocycles. The van der Waals surface area contributed by atoms with E-state index in [2.05, 4.69) is 9.97 Å². The topological polar surface area (TPSA) is 50.7 Å². The molecule has 0 bridgehead atoms. The molecule has 0 unspecified atom stereocenters. The summed E-state index contributed by atoms with van der Waals surface area (Å²) in [5.41, 5.74) is 1.63. The number of para-hydroxylation sites is 1. The lowest BCUT2D eigenvalue weighted by atomic mass is 10.1. The highest BCUT2D eigenvalue weighted by molar-refractivity contribution is 7.12. The van der Waals surface area contributed by atoms with Crippen molar-refractivity contribution in [2.75, 3.05) is 0 Å². The lowest BCUT2D eigenvalue weighted by Crippen LogP contribution is -2.00. The maximum absolute atomic E-state index is 12.6. The average Bonchev–Trinajstić information content (AvgIpc) is 3.25. The van der Waals surface area contributed by atoms with Gasteiger partial charge in [-0.1, -0.05) is 18.2 Å². The molecular weight excluding hydrogens is 282 g/mol. The SMILES string of the molecule is O=C(c1nc(-n2cccc2)cs1)c1c[nH]c2ccccc12. The normalized spacial score (nSPS) is 11.0. The Labute approximate surface area is 124 Å². The summed E-state index contributed by atoms with van der Waals surface area (Å²) in [6.45, 7) is 0. The lowest BCUT2D eigenvalue weighted by Gasteiger charge is -1.96. The molecule has 4 aromatic rings. The van der Waals surface area contributed by atoms with Crippen LogP contribution in [0.4, 0.5) is 0 Å². The number of H-pyrrole nitrogens is 1. The van der Waals surface area contributed by atoms with E-state index >= 15 is 0 Å². The van der Waals surface area contributed by atoms with Gasteiger partial charge in [0.05, 0.1) is 5.56 Å². The third kappa shape index (κ3) is 1.98. The molecule has 0 atom stereocenters. The largest absolute Gasteiger partial charge is 0.360 e. The Morgan fingerprint density at radius 2 is 1.95 bits per heavy atom. The van der Waals surface area contributed by atoms with Gasteiger partial charge < -0.3 is 9.55 Å². The van der Waals surface area contributed by atoms with Crippen molar-refractivity contribution in [2.45, 2.75) is 0 Å². The molecule has 4 nitrogen and oxygen atoms in total. The quantitative estimate of drug-likeness (QED) is 0.586. The Hall–Kier alpha value is -2.66. The van der Waals surface area contributed by atoms with Crippen LogP contribution in [-0.2, 0) is 0 Å². The highest BCUT2D eigenvalue weighted by Crippen LogP contribution is 2.23. The molecule has 3 aromatic heterocycles. The van der Waals surface area contributed by atoms with Crippen LogP contribution in [0.1, 0.15) is 15.4 Å². The van der Waals surface area contributed by atoms with Crippen LogP contribution < -0.4 is 0 Å². The first-order valence-electron chi connectivity index (χ1n) is 6.52. The number of fused-ring (bicyclic) bond motifs is 1. The number of thiazole rings is 1. The number of benzene rings is 1. The van der Waals surface area contributed by atoms with E-state index in [4.69, 9.17) is 0 Å². The molecule has 0 fully saturated rings. The number of hydrogen-bond acceptors (Lipinski definition) is 3. The summed E-state index contributed by atoms with van der Waals surface area (Å²) in [6.07, 6.45) is 5.58. The van der Waals surface area contributed by atoms with Crippen molar-refractivity contribution in [3.8, 4) is 5.82 Å². The third-order valence-corrected chi connectivity index (χ3v) is 4.22. The van der Waals surface area contributed by atoms with Crippen molar-refractivity contribution in [2.24, 2.45) is 0 Å². The first-order chi connectivity index (χ1) is 10.3. The predicted molar refractivity (Wildman–Crippen MR) is 83.2 cm³/mol. The maximum Gasteiger partial charge on any atom is 0.223 e. The highest BCUT2D eigenvalue weighted by Gasteiger charge is 2.17. The summed E-state index contributed by atoms with van der Waals surface area (Å²) in [6, 6.07) is 11.6. The van der Waals surface area contributed by atoms with Gasteiger partial charge in [-0.3, -0.25) is 4.79 Å². The number of hydrogen-bond donors (Lipinski definition) is 1. The highest BCUT2D eigenvalue weighted by atomic mass is 32.1. The second-order valence-electron chi connectivity index (χ2n) is 4.68. The summed E-state index contributed by atoms with van der Waals surface area (Å²) in [5, 5.41) is 3.32. The Kier molecular flexibility index (Phi) is 2.72. The molecule has 102 valence electrons. The van der Waals surface area contributed by atoms with Crippen molar-refractivity contribution >= 4 is 28.0 Å². The van der Waals surface area contributed by atoms with Gasteiger partial charge in [-0.2, -0.15) is 0 Å². The molecule has 0 saturated carbocycles. The zero-order valence-corrected chi connectivity index (χ0v) is 11.8. The molecule has 4 rings (SSSR count). The molecule has 0 aliphatic rings. The molecule has 0 radical (unpaired) electrons. The van der Waals surface area contributed by atoms with E-state index in [1.165, 1.54) is 11.3 Å². The van der Waals surface area contributed by atoms with Crippen molar-refractivity contribution < 1.29 is 4.79 Å². The van der Waals surface area contributed by atoms with E-state index in [1.807, 2.05) is 58.7 Å². The van der Waals surface area contributed by atoms with Crippen LogP contribution in [0, 0.1) is 0 Å². The standard InChI is InChI=1S/C16H11N3OS/c20-15(12-9-17-13-6-2-1-5-11(12)13)16-18-14(10-21-16)19-7-3-4-8-19/h1-10,17H. The van der Waals surface area contributed by atoms with Gasteiger partial charge in [0.25, 0.3) is 0 Å². The van der Waals surface area contributed by atoms with Crippen LogP contribution in [0.25, 0.3) is 16.7 Å². The second-order valence-corrected chi connectivity index (χ2v) is 5.54. The zero-order chi connectivity index (χ0) is 14.2. The van der Waals surface area contributed by atoms with Crippen LogP contribution >= 0.6 is 11.3 Å². The summed E-state index contributed by atoms with van der Waals surface area (Å²) in [4.78, 5) is 20.2. The average molecular weight is 293 g/mol. The number of carbonyl (C=O) groups is 1. The van der Waals surface area contributed by atoms with E-state index in [9.17, 15) is 4.79 Å². The molecule has 3 heterocycles. The predicted octanol–water partition coefficient (Wildman–Crippen LogP) is 3.65. The van der Waals surface area contributed by atoms with Gasteiger partial charge in [0.2, 0.25) is 5.78 Å². The number of nitrogens with zero attached hydrogens (tertiary/aromatic N) is 2. The Balaban J connectivity index is 1.75. The summed E-state index contributed by atoms with van der Waals surface area (Å²) in [5.74, 6) is 0.726. The van der Waals surface area contributed by atoms with Crippen LogP contribution in [0.3, 0.4) is 0 Å². The Bertz CT molecular complexity index is 918. The molecule has 5 heteroatoms. The summed E-state index contributed by atoms with van der Waals surface area (Å²) in [7, 11) is 0. The van der Waals surface area contributed by atoms with Crippen LogP contribution in [0.15, 0.2) is 60.4 Å². The fourth-order valence-corrected chi connectivity index (χ4v) is 3.10. The molecule has 0 aliphatic heterocycles. The molecule has 1 N–H and O–H groups in total. The van der Waals surface area contributed by atoms with Gasteiger partial charge in [0.15, 0.2) is 5.01 Å². The minimum Gasteiger partial charge on any atom is -0.360 e. The van der Waals surface area contributed by atoms with E-state index in [-0.39, 0.29) is 5.78 Å². The van der Waals surface area contributed by atoms with Gasteiger partial charge in [-0.25, -0.2) is 4.98 Å². The first-order valence-corrected chi connectivity index (χ1v) is 7.40. The summed E-state index contributed by atoms with van der Waals surface area (Å²) >= 11 is 1.37. The molecule has 0 saturated heterocycles. The van der Waals surface area contributed by atoms with Gasteiger partial charge >= 0.3 is 0 Å². The third-order valence-electron chi connectivity index (χ3n) is 3.39. The number of aromatic nitrogens is 3. The van der Waals surface area contributed by atoms with Crippen molar-refractivity contribution in [1.29, 1.82) is 0 Å². The van der Waals surface area contributed by atoms with Crippen LogP contribution in [0.2, 0.25) is 0 Å². The molecule has 0 aliphatic carbocycles. The van der Waals surface area contributed by atoms with Crippen LogP contribution in [-0.4, -0.2) is 20.3 Å². The fourth-order valence-electron chi connectivity index (χ4n) is 2.35. The number of rotatable bonds is 3.